The van der Waals surface area contributed by atoms with Crippen LogP contribution < -0.4 is 5.73 Å². The lowest BCUT2D eigenvalue weighted by Crippen LogP contribution is -2.18. The predicted molar refractivity (Wildman–Crippen MR) is 106 cm³/mol. The molecule has 5 rings (SSSR count). The third-order valence-corrected chi connectivity index (χ3v) is 4.64. The van der Waals surface area contributed by atoms with Crippen LogP contribution in [0.2, 0.25) is 0 Å². The van der Waals surface area contributed by atoms with E-state index < -0.39 is 5.91 Å². The number of para-hydroxylation sites is 1. The lowest BCUT2D eigenvalue weighted by molar-refractivity contribution is -0.118. The number of aromatic nitrogens is 7. The molecular formula is C20H16N8O. The van der Waals surface area contributed by atoms with Gasteiger partial charge in [-0.3, -0.25) is 14.5 Å². The molecule has 0 aliphatic carbocycles. The highest BCUT2D eigenvalue weighted by Crippen LogP contribution is 2.20. The van der Waals surface area contributed by atoms with Crippen molar-refractivity contribution in [2.24, 2.45) is 5.73 Å². The van der Waals surface area contributed by atoms with E-state index in [4.69, 9.17) is 5.73 Å². The first-order chi connectivity index (χ1) is 14.2. The van der Waals surface area contributed by atoms with Crippen LogP contribution in [0.25, 0.3) is 27.9 Å². The number of rotatable bonds is 5. The molecule has 0 radical (unpaired) electrons. The van der Waals surface area contributed by atoms with Gasteiger partial charge in [-0.2, -0.15) is 10.2 Å². The second-order valence-corrected chi connectivity index (χ2v) is 6.67. The maximum Gasteiger partial charge on any atom is 0.250 e. The Bertz CT molecular complexity index is 1350. The summed E-state index contributed by atoms with van der Waals surface area (Å²) >= 11 is 0. The molecule has 1 amide bonds. The molecule has 9 nitrogen and oxygen atoms in total. The quantitative estimate of drug-likeness (QED) is 0.492. The number of pyridine rings is 1. The topological polar surface area (TPSA) is 117 Å². The Balaban J connectivity index is 1.53. The zero-order chi connectivity index (χ0) is 19.8. The largest absolute Gasteiger partial charge is 0.368 e. The molecule has 0 atom stereocenters. The number of hydrogen-bond acceptors (Lipinski definition) is 6. The smallest absolute Gasteiger partial charge is 0.250 e. The summed E-state index contributed by atoms with van der Waals surface area (Å²) in [6, 6.07) is 10.1. The van der Waals surface area contributed by atoms with Crippen molar-refractivity contribution < 1.29 is 4.79 Å². The summed E-state index contributed by atoms with van der Waals surface area (Å²) in [5, 5.41) is 9.91. The maximum absolute atomic E-state index is 11.1. The molecule has 29 heavy (non-hydrogen) atoms. The standard InChI is InChI=1S/C20H16N8O/c21-18(29)12-27-11-15(8-25-27)17-10-24-20-23-9-16(28(20)26-17)7-14-4-1-3-13-5-2-6-22-19(13)14/h1-6,8-11H,7,12H2,(H2,21,29). The first-order valence-corrected chi connectivity index (χ1v) is 9.01. The minimum atomic E-state index is -0.457. The van der Waals surface area contributed by atoms with E-state index in [1.54, 1.807) is 35.5 Å². The average Bonchev–Trinajstić information content (AvgIpc) is 3.35. The molecule has 0 bridgehead atoms. The number of carbonyl (C=O) groups is 1. The molecule has 0 aliphatic heterocycles. The lowest BCUT2D eigenvalue weighted by atomic mass is 10.1. The van der Waals surface area contributed by atoms with E-state index in [0.29, 0.717) is 17.9 Å². The van der Waals surface area contributed by atoms with Crippen LogP contribution in [-0.4, -0.2) is 40.3 Å². The molecule has 0 fully saturated rings. The first-order valence-electron chi connectivity index (χ1n) is 9.01. The van der Waals surface area contributed by atoms with Gasteiger partial charge in [0.2, 0.25) is 5.91 Å². The summed E-state index contributed by atoms with van der Waals surface area (Å²) in [6.07, 6.45) is 9.17. The number of fused-ring (bicyclic) bond motifs is 2. The van der Waals surface area contributed by atoms with Crippen LogP contribution in [0.4, 0.5) is 0 Å². The van der Waals surface area contributed by atoms with Gasteiger partial charge < -0.3 is 5.73 Å². The van der Waals surface area contributed by atoms with Gasteiger partial charge in [-0.1, -0.05) is 24.3 Å². The van der Waals surface area contributed by atoms with Crippen LogP contribution in [0, 0.1) is 0 Å². The number of imidazole rings is 1. The molecule has 2 N–H and O–H groups in total. The second kappa shape index (κ2) is 6.79. The second-order valence-electron chi connectivity index (χ2n) is 6.67. The highest BCUT2D eigenvalue weighted by molar-refractivity contribution is 5.81. The molecule has 0 aliphatic rings. The van der Waals surface area contributed by atoms with Crippen LogP contribution in [0.15, 0.2) is 61.3 Å². The van der Waals surface area contributed by atoms with E-state index in [1.165, 1.54) is 4.68 Å². The van der Waals surface area contributed by atoms with Gasteiger partial charge in [-0.15, -0.1) is 0 Å². The van der Waals surface area contributed by atoms with Crippen molar-refractivity contribution in [3.8, 4) is 11.3 Å². The van der Waals surface area contributed by atoms with Gasteiger partial charge >= 0.3 is 0 Å². The van der Waals surface area contributed by atoms with Crippen LogP contribution in [-0.2, 0) is 17.8 Å². The molecule has 0 unspecified atom stereocenters. The Kier molecular flexibility index (Phi) is 3.98. The maximum atomic E-state index is 11.1. The van der Waals surface area contributed by atoms with E-state index in [-0.39, 0.29) is 6.54 Å². The Morgan fingerprint density at radius 2 is 1.90 bits per heavy atom. The Labute approximate surface area is 164 Å². The molecule has 142 valence electrons. The third kappa shape index (κ3) is 3.18. The predicted octanol–water partition coefficient (Wildman–Crippen LogP) is 1.61. The normalized spacial score (nSPS) is 11.3. The molecule has 4 heterocycles. The fourth-order valence-electron chi connectivity index (χ4n) is 3.32. The van der Waals surface area contributed by atoms with Crippen molar-refractivity contribution in [3.63, 3.8) is 0 Å². The van der Waals surface area contributed by atoms with Crippen LogP contribution in [0.3, 0.4) is 0 Å². The molecule has 9 heteroatoms. The number of nitrogens with two attached hydrogens (primary N) is 1. The Morgan fingerprint density at radius 3 is 2.79 bits per heavy atom. The van der Waals surface area contributed by atoms with E-state index in [9.17, 15) is 4.79 Å². The summed E-state index contributed by atoms with van der Waals surface area (Å²) in [5.74, 6) is 0.0586. The van der Waals surface area contributed by atoms with Crippen molar-refractivity contribution in [2.45, 2.75) is 13.0 Å². The van der Waals surface area contributed by atoms with Crippen LogP contribution >= 0.6 is 0 Å². The minimum Gasteiger partial charge on any atom is -0.368 e. The molecule has 5 aromatic rings. The Hall–Kier alpha value is -4.14. The first kappa shape index (κ1) is 17.0. The molecule has 0 saturated heterocycles. The van der Waals surface area contributed by atoms with Gasteiger partial charge in [-0.25, -0.2) is 14.5 Å². The van der Waals surface area contributed by atoms with E-state index in [1.807, 2.05) is 24.3 Å². The van der Waals surface area contributed by atoms with Crippen molar-refractivity contribution in [3.05, 3.63) is 72.6 Å². The molecule has 4 aromatic heterocycles. The number of nitrogens with zero attached hydrogens (tertiary/aromatic N) is 7. The minimum absolute atomic E-state index is 0.0140. The van der Waals surface area contributed by atoms with Gasteiger partial charge in [0.25, 0.3) is 5.78 Å². The van der Waals surface area contributed by atoms with Crippen molar-refractivity contribution in [1.29, 1.82) is 0 Å². The number of hydrogen-bond donors (Lipinski definition) is 1. The third-order valence-electron chi connectivity index (χ3n) is 4.64. The Morgan fingerprint density at radius 1 is 1.03 bits per heavy atom. The fraction of sp³-hybridized carbons (Fsp3) is 0.100. The summed E-state index contributed by atoms with van der Waals surface area (Å²) in [4.78, 5) is 24.4. The van der Waals surface area contributed by atoms with Gasteiger partial charge in [0.05, 0.1) is 29.8 Å². The summed E-state index contributed by atoms with van der Waals surface area (Å²) in [7, 11) is 0. The zero-order valence-corrected chi connectivity index (χ0v) is 15.3. The zero-order valence-electron chi connectivity index (χ0n) is 15.3. The van der Waals surface area contributed by atoms with Crippen molar-refractivity contribution in [1.82, 2.24) is 34.3 Å². The van der Waals surface area contributed by atoms with Gasteiger partial charge in [0.15, 0.2) is 0 Å². The summed E-state index contributed by atoms with van der Waals surface area (Å²) < 4.78 is 3.20. The molecule has 0 saturated carbocycles. The summed E-state index contributed by atoms with van der Waals surface area (Å²) in [6.45, 7) is 0.0140. The van der Waals surface area contributed by atoms with E-state index >= 15 is 0 Å². The highest BCUT2D eigenvalue weighted by atomic mass is 16.1. The van der Waals surface area contributed by atoms with E-state index in [0.717, 1.165) is 27.7 Å². The summed E-state index contributed by atoms with van der Waals surface area (Å²) in [5.41, 5.74) is 9.54. The lowest BCUT2D eigenvalue weighted by Gasteiger charge is -2.06. The average molecular weight is 384 g/mol. The van der Waals surface area contributed by atoms with Gasteiger partial charge in [0, 0.05) is 29.8 Å². The molecule has 1 aromatic carbocycles. The fourth-order valence-corrected chi connectivity index (χ4v) is 3.32. The number of benzene rings is 1. The van der Waals surface area contributed by atoms with Crippen molar-refractivity contribution in [2.75, 3.05) is 0 Å². The SMILES string of the molecule is NC(=O)Cn1cc(-c2cnc3ncc(Cc4cccc5cccnc45)n3n2)cn1. The number of carbonyl (C=O) groups excluding carboxylic acids is 1. The van der Waals surface area contributed by atoms with Gasteiger partial charge in [0.1, 0.15) is 12.2 Å². The van der Waals surface area contributed by atoms with Crippen molar-refractivity contribution >= 4 is 22.6 Å². The highest BCUT2D eigenvalue weighted by Gasteiger charge is 2.12. The van der Waals surface area contributed by atoms with Crippen LogP contribution in [0.1, 0.15) is 11.3 Å². The van der Waals surface area contributed by atoms with E-state index in [2.05, 4.69) is 31.2 Å². The monoisotopic (exact) mass is 384 g/mol. The molecule has 0 spiro atoms. The van der Waals surface area contributed by atoms with Crippen LogP contribution in [0.5, 0.6) is 0 Å². The number of primary amides is 1. The number of amides is 1. The van der Waals surface area contributed by atoms with Gasteiger partial charge in [-0.05, 0) is 11.6 Å². The molecular weight excluding hydrogens is 368 g/mol.